The lowest BCUT2D eigenvalue weighted by Crippen LogP contribution is -2.18. The van der Waals surface area contributed by atoms with E-state index in [-0.39, 0.29) is 17.5 Å². The molecule has 11 heteroatoms. The van der Waals surface area contributed by atoms with Gasteiger partial charge in [0.05, 0.1) is 22.7 Å². The van der Waals surface area contributed by atoms with Gasteiger partial charge in [-0.2, -0.15) is 18.2 Å². The third-order valence-electron chi connectivity index (χ3n) is 5.11. The maximum atomic E-state index is 12.8. The molecule has 0 amide bonds. The summed E-state index contributed by atoms with van der Waals surface area (Å²) in [4.78, 5) is 4.54. The van der Waals surface area contributed by atoms with Gasteiger partial charge in [0.1, 0.15) is 6.10 Å². The van der Waals surface area contributed by atoms with Crippen molar-refractivity contribution in [2.45, 2.75) is 37.2 Å². The molecule has 3 aromatic rings. The van der Waals surface area contributed by atoms with E-state index in [1.807, 2.05) is 11.5 Å². The molecule has 0 bridgehead atoms. The average molecular weight is 466 g/mol. The van der Waals surface area contributed by atoms with Gasteiger partial charge in [-0.05, 0) is 49.9 Å². The van der Waals surface area contributed by atoms with E-state index < -0.39 is 21.8 Å². The van der Waals surface area contributed by atoms with Gasteiger partial charge in [-0.1, -0.05) is 12.1 Å². The highest BCUT2D eigenvalue weighted by molar-refractivity contribution is 7.89. The predicted octanol–water partition coefficient (Wildman–Crippen LogP) is 3.87. The van der Waals surface area contributed by atoms with Gasteiger partial charge < -0.3 is 10.1 Å². The van der Waals surface area contributed by atoms with E-state index in [0.29, 0.717) is 35.1 Å². The number of imidazole rings is 1. The number of aromatic nitrogens is 2. The van der Waals surface area contributed by atoms with Crippen LogP contribution in [0.4, 0.5) is 18.9 Å². The molecular weight excluding hydrogens is 445 g/mol. The monoisotopic (exact) mass is 466 g/mol. The van der Waals surface area contributed by atoms with Gasteiger partial charge in [0.2, 0.25) is 10.0 Å². The molecule has 2 N–H and O–H groups in total. The number of ether oxygens (including phenoxy) is 1. The van der Waals surface area contributed by atoms with Crippen LogP contribution in [0, 0.1) is 0 Å². The summed E-state index contributed by atoms with van der Waals surface area (Å²) >= 11 is 0. The van der Waals surface area contributed by atoms with Crippen LogP contribution in [0.3, 0.4) is 0 Å². The number of halogens is 3. The summed E-state index contributed by atoms with van der Waals surface area (Å²) in [5.74, 6) is 0. The van der Waals surface area contributed by atoms with Crippen LogP contribution in [0.2, 0.25) is 0 Å². The number of hydrogen-bond acceptors (Lipinski definition) is 5. The van der Waals surface area contributed by atoms with E-state index in [9.17, 15) is 21.6 Å². The Hall–Kier alpha value is -3.05. The van der Waals surface area contributed by atoms with Crippen LogP contribution < -0.4 is 14.8 Å². The van der Waals surface area contributed by atoms with Gasteiger partial charge in [0, 0.05) is 24.0 Å². The number of alkyl halides is 3. The number of anilines is 1. The van der Waals surface area contributed by atoms with Crippen LogP contribution in [0.5, 0.6) is 6.01 Å². The quantitative estimate of drug-likeness (QED) is 0.576. The minimum absolute atomic E-state index is 0.000168. The number of hydrogen-bond donors (Lipinski definition) is 2. The van der Waals surface area contributed by atoms with Gasteiger partial charge in [-0.15, -0.1) is 0 Å². The van der Waals surface area contributed by atoms with Crippen molar-refractivity contribution in [1.82, 2.24) is 14.3 Å². The molecule has 0 radical (unpaired) electrons. The molecule has 4 rings (SSSR count). The highest BCUT2D eigenvalue weighted by Crippen LogP contribution is 2.34. The predicted molar refractivity (Wildman–Crippen MR) is 113 cm³/mol. The fraction of sp³-hybridized carbons (Fsp3) is 0.286. The fourth-order valence-corrected chi connectivity index (χ4v) is 4.19. The van der Waals surface area contributed by atoms with Crippen LogP contribution in [0.1, 0.15) is 18.1 Å². The standard InChI is InChI=1S/C21H21F3N4O3S/c1-13-11-28-12-19(27-20(28)31-13)17-9-16(32(29,30)25-2)7-8-18(17)26-10-14-3-5-15(6-4-14)21(22,23)24/h3-9,12-13,25-26H,10-11H2,1-2H3. The van der Waals surface area contributed by atoms with Crippen molar-refractivity contribution in [2.75, 3.05) is 12.4 Å². The molecule has 1 aliphatic heterocycles. The van der Waals surface area contributed by atoms with Crippen molar-refractivity contribution in [3.63, 3.8) is 0 Å². The van der Waals surface area contributed by atoms with Crippen molar-refractivity contribution in [3.05, 3.63) is 59.8 Å². The third kappa shape index (κ3) is 4.44. The second kappa shape index (κ2) is 8.14. The van der Waals surface area contributed by atoms with E-state index in [1.54, 1.807) is 12.3 Å². The summed E-state index contributed by atoms with van der Waals surface area (Å²) in [5, 5.41) is 3.17. The van der Waals surface area contributed by atoms with Gasteiger partial charge in [-0.3, -0.25) is 4.57 Å². The van der Waals surface area contributed by atoms with Crippen LogP contribution in [0.25, 0.3) is 11.3 Å². The van der Waals surface area contributed by atoms with E-state index in [4.69, 9.17) is 4.74 Å². The Labute approximate surface area is 183 Å². The molecule has 0 aliphatic carbocycles. The molecule has 2 heterocycles. The Bertz CT molecular complexity index is 1210. The highest BCUT2D eigenvalue weighted by Gasteiger charge is 2.30. The fourth-order valence-electron chi connectivity index (χ4n) is 3.43. The molecule has 0 saturated carbocycles. The first-order valence-corrected chi connectivity index (χ1v) is 11.3. The van der Waals surface area contributed by atoms with E-state index in [2.05, 4.69) is 15.0 Å². The maximum absolute atomic E-state index is 12.8. The first kappa shape index (κ1) is 22.2. The number of fused-ring (bicyclic) bond motifs is 1. The topological polar surface area (TPSA) is 85.3 Å². The van der Waals surface area contributed by atoms with Crippen LogP contribution >= 0.6 is 0 Å². The molecule has 1 aliphatic rings. The summed E-state index contributed by atoms with van der Waals surface area (Å²) < 4.78 is 72.7. The van der Waals surface area contributed by atoms with Crippen molar-refractivity contribution < 1.29 is 26.3 Å². The molecule has 170 valence electrons. The van der Waals surface area contributed by atoms with Gasteiger partial charge in [0.15, 0.2) is 0 Å². The number of sulfonamides is 1. The van der Waals surface area contributed by atoms with Crippen molar-refractivity contribution in [3.8, 4) is 17.3 Å². The molecule has 0 saturated heterocycles. The Morgan fingerprint density at radius 2 is 1.91 bits per heavy atom. The number of rotatable bonds is 6. The molecule has 7 nitrogen and oxygen atoms in total. The number of nitrogens with one attached hydrogen (secondary N) is 2. The van der Waals surface area contributed by atoms with Gasteiger partial charge in [0.25, 0.3) is 6.01 Å². The molecule has 1 atom stereocenters. The lowest BCUT2D eigenvalue weighted by atomic mass is 10.1. The Morgan fingerprint density at radius 3 is 2.53 bits per heavy atom. The maximum Gasteiger partial charge on any atom is 0.416 e. The Balaban J connectivity index is 1.65. The van der Waals surface area contributed by atoms with Crippen LogP contribution in [-0.2, 0) is 29.3 Å². The summed E-state index contributed by atoms with van der Waals surface area (Å²) in [5.41, 5.74) is 1.57. The minimum Gasteiger partial charge on any atom is -0.460 e. The molecule has 0 fully saturated rings. The van der Waals surface area contributed by atoms with Crippen molar-refractivity contribution >= 4 is 15.7 Å². The number of benzene rings is 2. The first-order valence-electron chi connectivity index (χ1n) is 9.78. The van der Waals surface area contributed by atoms with Crippen molar-refractivity contribution in [2.24, 2.45) is 0 Å². The average Bonchev–Trinajstić information content (AvgIpc) is 3.29. The molecule has 2 aromatic carbocycles. The van der Waals surface area contributed by atoms with E-state index >= 15 is 0 Å². The Kier molecular flexibility index (Phi) is 5.63. The summed E-state index contributed by atoms with van der Waals surface area (Å²) in [6.07, 6.45) is -2.61. The molecule has 1 aromatic heterocycles. The SMILES string of the molecule is CNS(=O)(=O)c1ccc(NCc2ccc(C(F)(F)F)cc2)c(-c2cn3c(n2)OC(C)C3)c1. The second-order valence-electron chi connectivity index (χ2n) is 7.45. The lowest BCUT2D eigenvalue weighted by molar-refractivity contribution is -0.137. The summed E-state index contributed by atoms with van der Waals surface area (Å²) in [6, 6.07) is 9.86. The summed E-state index contributed by atoms with van der Waals surface area (Å²) in [7, 11) is -2.36. The zero-order valence-corrected chi connectivity index (χ0v) is 18.1. The smallest absolute Gasteiger partial charge is 0.416 e. The molecular formula is C21H21F3N4O3S. The highest BCUT2D eigenvalue weighted by atomic mass is 32.2. The normalized spacial score (nSPS) is 16.0. The molecule has 1 unspecified atom stereocenters. The lowest BCUT2D eigenvalue weighted by Gasteiger charge is -2.14. The Morgan fingerprint density at radius 1 is 1.19 bits per heavy atom. The zero-order chi connectivity index (χ0) is 23.1. The van der Waals surface area contributed by atoms with Crippen LogP contribution in [-0.4, -0.2) is 31.1 Å². The summed E-state index contributed by atoms with van der Waals surface area (Å²) in [6.45, 7) is 2.79. The largest absolute Gasteiger partial charge is 0.460 e. The van der Waals surface area contributed by atoms with E-state index in [0.717, 1.165) is 12.1 Å². The van der Waals surface area contributed by atoms with Crippen LogP contribution in [0.15, 0.2) is 53.6 Å². The van der Waals surface area contributed by atoms with Gasteiger partial charge >= 0.3 is 6.18 Å². The van der Waals surface area contributed by atoms with Crippen molar-refractivity contribution in [1.29, 1.82) is 0 Å². The minimum atomic E-state index is -4.39. The second-order valence-corrected chi connectivity index (χ2v) is 9.34. The third-order valence-corrected chi connectivity index (χ3v) is 6.52. The molecule has 0 spiro atoms. The zero-order valence-electron chi connectivity index (χ0n) is 17.3. The number of nitrogens with zero attached hydrogens (tertiary/aromatic N) is 2. The van der Waals surface area contributed by atoms with E-state index in [1.165, 1.54) is 31.3 Å². The molecule has 32 heavy (non-hydrogen) atoms. The first-order chi connectivity index (χ1) is 15.1. The van der Waals surface area contributed by atoms with Gasteiger partial charge in [-0.25, -0.2) is 13.1 Å².